The number of nitrogens with zero attached hydrogens (tertiary/aromatic N) is 5. The van der Waals surface area contributed by atoms with Gasteiger partial charge in [-0.2, -0.15) is 0 Å². The zero-order chi connectivity index (χ0) is 19.5. The summed E-state index contributed by atoms with van der Waals surface area (Å²) >= 11 is 0. The van der Waals surface area contributed by atoms with Gasteiger partial charge in [-0.15, -0.1) is 0 Å². The number of pyridine rings is 1. The molecule has 3 aromatic heterocycles. The molecule has 0 saturated carbocycles. The van der Waals surface area contributed by atoms with E-state index in [1.54, 1.807) is 16.8 Å². The average molecular weight is 382 g/mol. The maximum absolute atomic E-state index is 12.6. The van der Waals surface area contributed by atoms with E-state index in [9.17, 15) is 9.59 Å². The number of rotatable bonds is 2. The van der Waals surface area contributed by atoms with Crippen LogP contribution in [0.1, 0.15) is 4.79 Å². The molecule has 140 valence electrons. The van der Waals surface area contributed by atoms with Gasteiger partial charge in [-0.25, -0.2) is 23.9 Å². The Labute approximate surface area is 163 Å². The summed E-state index contributed by atoms with van der Waals surface area (Å²) in [5.74, 6) is 0.588. The summed E-state index contributed by atoms with van der Waals surface area (Å²) in [6, 6.07) is 18.6. The molecule has 4 heterocycles. The molecule has 1 aliphatic rings. The lowest BCUT2D eigenvalue weighted by Gasteiger charge is -2.15. The van der Waals surface area contributed by atoms with Crippen molar-refractivity contribution in [1.82, 2.24) is 24.1 Å². The fraction of sp³-hybridized carbons (Fsp3) is 0.0476. The second kappa shape index (κ2) is 5.65. The highest BCUT2D eigenvalue weighted by molar-refractivity contribution is 6.01. The van der Waals surface area contributed by atoms with Gasteiger partial charge in [0.05, 0.1) is 22.2 Å². The lowest BCUT2D eigenvalue weighted by molar-refractivity contribution is 0.0946. The van der Waals surface area contributed by atoms with Gasteiger partial charge >= 0.3 is 5.69 Å². The van der Waals surface area contributed by atoms with Crippen molar-refractivity contribution in [3.8, 4) is 5.69 Å². The number of aromatic amines is 1. The molecular formula is C21H14N6O2. The zero-order valence-corrected chi connectivity index (χ0v) is 15.1. The van der Waals surface area contributed by atoms with Gasteiger partial charge < -0.3 is 9.88 Å². The molecule has 1 aliphatic heterocycles. The Morgan fingerprint density at radius 1 is 0.862 bits per heavy atom. The van der Waals surface area contributed by atoms with Gasteiger partial charge in [0.25, 0.3) is 5.91 Å². The molecule has 0 aliphatic carbocycles. The third-order valence-corrected chi connectivity index (χ3v) is 5.19. The predicted octanol–water partition coefficient (Wildman–Crippen LogP) is 2.86. The van der Waals surface area contributed by atoms with Gasteiger partial charge in [0.15, 0.2) is 5.65 Å². The van der Waals surface area contributed by atoms with Gasteiger partial charge in [0.1, 0.15) is 6.54 Å². The number of anilines is 2. The Morgan fingerprint density at radius 2 is 1.66 bits per heavy atom. The number of H-pyrrole nitrogens is 1. The fourth-order valence-corrected chi connectivity index (χ4v) is 3.88. The van der Waals surface area contributed by atoms with E-state index in [1.807, 2.05) is 59.5 Å². The van der Waals surface area contributed by atoms with Crippen LogP contribution in [0.25, 0.3) is 27.9 Å². The van der Waals surface area contributed by atoms with Crippen LogP contribution in [-0.4, -0.2) is 36.5 Å². The molecule has 8 heteroatoms. The number of carbonyl (C=O) groups excluding carboxylic acids is 1. The number of nitrogens with one attached hydrogen (secondary N) is 1. The molecule has 5 aromatic rings. The molecule has 0 radical (unpaired) electrons. The average Bonchev–Trinajstić information content (AvgIpc) is 3.38. The number of hydrogen-bond acceptors (Lipinski definition) is 5. The van der Waals surface area contributed by atoms with E-state index in [4.69, 9.17) is 0 Å². The smallest absolute Gasteiger partial charge is 0.304 e. The van der Waals surface area contributed by atoms with Crippen LogP contribution in [0.2, 0.25) is 0 Å². The molecular weight excluding hydrogens is 368 g/mol. The Balaban J connectivity index is 1.44. The molecule has 0 amide bonds. The first-order valence-electron chi connectivity index (χ1n) is 9.15. The first-order valence-corrected chi connectivity index (χ1v) is 9.15. The summed E-state index contributed by atoms with van der Waals surface area (Å²) in [6.45, 7) is 0.223. The summed E-state index contributed by atoms with van der Waals surface area (Å²) in [7, 11) is 0. The summed E-state index contributed by atoms with van der Waals surface area (Å²) in [5, 5.41) is 0. The number of fused-ring (bicyclic) bond motifs is 4. The van der Waals surface area contributed by atoms with E-state index >= 15 is 0 Å². The van der Waals surface area contributed by atoms with Crippen molar-refractivity contribution in [2.45, 2.75) is 0 Å². The highest BCUT2D eigenvalue weighted by atomic mass is 16.2. The monoisotopic (exact) mass is 382 g/mol. The van der Waals surface area contributed by atoms with E-state index in [2.05, 4.69) is 15.0 Å². The third-order valence-electron chi connectivity index (χ3n) is 5.19. The summed E-state index contributed by atoms with van der Waals surface area (Å²) in [6.07, 6.45) is 1.65. The number of hydrogen-bond donors (Lipinski definition) is 1. The Morgan fingerprint density at radius 3 is 2.52 bits per heavy atom. The van der Waals surface area contributed by atoms with Gasteiger partial charge in [-0.1, -0.05) is 12.1 Å². The second-order valence-corrected chi connectivity index (χ2v) is 6.87. The van der Waals surface area contributed by atoms with Crippen LogP contribution in [0.4, 0.5) is 11.6 Å². The topological polar surface area (TPSA) is 88.8 Å². The van der Waals surface area contributed by atoms with Crippen molar-refractivity contribution in [3.63, 3.8) is 0 Å². The van der Waals surface area contributed by atoms with Gasteiger partial charge in [0.2, 0.25) is 5.95 Å². The van der Waals surface area contributed by atoms with E-state index in [1.165, 1.54) is 4.57 Å². The first kappa shape index (κ1) is 15.8. The third kappa shape index (κ3) is 2.19. The van der Waals surface area contributed by atoms with Crippen LogP contribution in [0.5, 0.6) is 0 Å². The molecule has 2 aromatic carbocycles. The van der Waals surface area contributed by atoms with Crippen molar-refractivity contribution in [2.24, 2.45) is 0 Å². The van der Waals surface area contributed by atoms with Crippen LogP contribution in [0, 0.1) is 0 Å². The maximum atomic E-state index is 12.6. The molecule has 6 rings (SSSR count). The molecule has 0 bridgehead atoms. The maximum Gasteiger partial charge on any atom is 0.332 e. The van der Waals surface area contributed by atoms with E-state index in [-0.39, 0.29) is 18.1 Å². The van der Waals surface area contributed by atoms with Gasteiger partial charge in [0, 0.05) is 11.9 Å². The molecule has 0 spiro atoms. The summed E-state index contributed by atoms with van der Waals surface area (Å²) < 4.78 is 3.18. The first-order chi connectivity index (χ1) is 14.2. The minimum atomic E-state index is -0.246. The fourth-order valence-electron chi connectivity index (χ4n) is 3.88. The Kier molecular flexibility index (Phi) is 3.08. The summed E-state index contributed by atoms with van der Waals surface area (Å²) in [5.41, 5.74) is 4.13. The molecule has 0 fully saturated rings. The highest BCUT2D eigenvalue weighted by Crippen LogP contribution is 2.33. The number of para-hydroxylation sites is 2. The van der Waals surface area contributed by atoms with Crippen LogP contribution in [0.3, 0.4) is 0 Å². The lowest BCUT2D eigenvalue weighted by Crippen LogP contribution is -2.18. The molecule has 8 nitrogen and oxygen atoms in total. The number of imidazole rings is 2. The number of carbonyl (C=O) groups is 1. The van der Waals surface area contributed by atoms with Crippen molar-refractivity contribution in [1.29, 1.82) is 0 Å². The standard InChI is InChI=1S/C21H14N6O2/c28-18-12-25(20-23-15-4-1-2-6-17(15)27(18)20)13-7-9-14(10-8-13)26-19-16(24-21(26)29)5-3-11-22-19/h1-11H,12H2,(H,24,29). The molecule has 29 heavy (non-hydrogen) atoms. The molecule has 0 saturated heterocycles. The minimum absolute atomic E-state index is 0.0187. The number of benzene rings is 2. The SMILES string of the molecule is O=C1CN(c2ccc(-n3c(=O)[nH]c4cccnc43)cc2)c2nc3ccccc3n21. The number of aromatic nitrogens is 5. The normalized spacial score (nSPS) is 13.5. The van der Waals surface area contributed by atoms with Crippen molar-refractivity contribution in [3.05, 3.63) is 77.3 Å². The van der Waals surface area contributed by atoms with Crippen LogP contribution in [-0.2, 0) is 0 Å². The molecule has 0 atom stereocenters. The van der Waals surface area contributed by atoms with Gasteiger partial charge in [-0.05, 0) is 48.5 Å². The van der Waals surface area contributed by atoms with E-state index in [0.29, 0.717) is 22.8 Å². The van der Waals surface area contributed by atoms with Crippen molar-refractivity contribution < 1.29 is 4.79 Å². The lowest BCUT2D eigenvalue weighted by atomic mass is 10.2. The Hall–Kier alpha value is -4.20. The van der Waals surface area contributed by atoms with Crippen molar-refractivity contribution in [2.75, 3.05) is 11.4 Å². The molecule has 1 N–H and O–H groups in total. The largest absolute Gasteiger partial charge is 0.332 e. The second-order valence-electron chi connectivity index (χ2n) is 6.87. The highest BCUT2D eigenvalue weighted by Gasteiger charge is 2.31. The van der Waals surface area contributed by atoms with Crippen LogP contribution >= 0.6 is 0 Å². The van der Waals surface area contributed by atoms with Gasteiger partial charge in [-0.3, -0.25) is 4.79 Å². The quantitative estimate of drug-likeness (QED) is 0.507. The summed E-state index contributed by atoms with van der Waals surface area (Å²) in [4.78, 5) is 38.6. The van der Waals surface area contributed by atoms with E-state index in [0.717, 1.165) is 16.7 Å². The predicted molar refractivity (Wildman–Crippen MR) is 109 cm³/mol. The van der Waals surface area contributed by atoms with Crippen LogP contribution in [0.15, 0.2) is 71.7 Å². The minimum Gasteiger partial charge on any atom is -0.304 e. The zero-order valence-electron chi connectivity index (χ0n) is 15.1. The van der Waals surface area contributed by atoms with Crippen molar-refractivity contribution >= 4 is 39.7 Å². The van der Waals surface area contributed by atoms with Crippen LogP contribution < -0.4 is 10.6 Å². The Bertz CT molecular complexity index is 1470. The molecule has 0 unspecified atom stereocenters. The van der Waals surface area contributed by atoms with E-state index < -0.39 is 0 Å².